The maximum atomic E-state index is 12.8. The van der Waals surface area contributed by atoms with Gasteiger partial charge in [-0.25, -0.2) is 4.79 Å². The summed E-state index contributed by atoms with van der Waals surface area (Å²) >= 11 is 0. The van der Waals surface area contributed by atoms with Crippen LogP contribution in [0.1, 0.15) is 40.1 Å². The molecule has 0 atom stereocenters. The summed E-state index contributed by atoms with van der Waals surface area (Å²) in [6, 6.07) is 13.2. The number of benzene rings is 2. The number of hydroxylamine groups is 2. The smallest absolute Gasteiger partial charge is 0.336 e. The van der Waals surface area contributed by atoms with Crippen LogP contribution >= 0.6 is 0 Å². The Bertz CT molecular complexity index is 693. The Morgan fingerprint density at radius 1 is 1.00 bits per heavy atom. The van der Waals surface area contributed by atoms with E-state index < -0.39 is 5.97 Å². The minimum absolute atomic E-state index is 0.0662. The summed E-state index contributed by atoms with van der Waals surface area (Å²) in [5, 5.41) is 11.1. The molecule has 0 aliphatic heterocycles. The molecule has 23 heavy (non-hydrogen) atoms. The van der Waals surface area contributed by atoms with Gasteiger partial charge in [-0.3, -0.25) is 4.79 Å². The van der Waals surface area contributed by atoms with Crippen molar-refractivity contribution in [3.05, 3.63) is 65.2 Å². The van der Waals surface area contributed by atoms with Crippen molar-refractivity contribution in [3.63, 3.8) is 0 Å². The van der Waals surface area contributed by atoms with Gasteiger partial charge in [0.05, 0.1) is 11.1 Å². The number of rotatable bonds is 7. The third-order valence-electron chi connectivity index (χ3n) is 3.45. The number of hydrogen-bond donors (Lipinski definition) is 1. The van der Waals surface area contributed by atoms with Crippen LogP contribution in [0.3, 0.4) is 0 Å². The van der Waals surface area contributed by atoms with Crippen LogP contribution in [-0.4, -0.2) is 35.0 Å². The van der Waals surface area contributed by atoms with E-state index in [-0.39, 0.29) is 22.7 Å². The zero-order valence-corrected chi connectivity index (χ0v) is 13.2. The molecular weight excluding hydrogens is 294 g/mol. The predicted octanol–water partition coefficient (Wildman–Crippen LogP) is 3.25. The molecule has 5 nitrogen and oxygen atoms in total. The second-order valence-electron chi connectivity index (χ2n) is 4.88. The van der Waals surface area contributed by atoms with E-state index in [1.807, 2.05) is 13.8 Å². The largest absolute Gasteiger partial charge is 0.478 e. The highest BCUT2D eigenvalue weighted by Gasteiger charge is 2.23. The number of nitrogens with zero attached hydrogens (tertiary/aromatic N) is 1. The van der Waals surface area contributed by atoms with Gasteiger partial charge in [0.1, 0.15) is 0 Å². The van der Waals surface area contributed by atoms with E-state index >= 15 is 0 Å². The lowest BCUT2D eigenvalue weighted by atomic mass is 9.97. The molecule has 5 heteroatoms. The van der Waals surface area contributed by atoms with Gasteiger partial charge in [0.25, 0.3) is 0 Å². The number of carboxylic acid groups (broad SMARTS) is 1. The van der Waals surface area contributed by atoms with Gasteiger partial charge in [-0.1, -0.05) is 36.4 Å². The Morgan fingerprint density at radius 3 is 2.22 bits per heavy atom. The molecule has 2 aromatic rings. The fourth-order valence-electron chi connectivity index (χ4n) is 2.25. The molecule has 2 rings (SSSR count). The summed E-state index contributed by atoms with van der Waals surface area (Å²) < 4.78 is 0. The summed E-state index contributed by atoms with van der Waals surface area (Å²) in [6.07, 6.45) is 0. The second kappa shape index (κ2) is 7.56. The van der Waals surface area contributed by atoms with Crippen LogP contribution in [0.25, 0.3) is 0 Å². The van der Waals surface area contributed by atoms with E-state index in [1.165, 1.54) is 6.07 Å². The number of carbonyl (C=O) groups excluding carboxylic acids is 1. The third kappa shape index (κ3) is 3.76. The van der Waals surface area contributed by atoms with E-state index in [9.17, 15) is 14.7 Å². The zero-order valence-electron chi connectivity index (χ0n) is 13.2. The van der Waals surface area contributed by atoms with E-state index in [4.69, 9.17) is 4.84 Å². The van der Waals surface area contributed by atoms with E-state index in [1.54, 1.807) is 47.5 Å². The fourth-order valence-corrected chi connectivity index (χ4v) is 2.25. The third-order valence-corrected chi connectivity index (χ3v) is 3.45. The lowest BCUT2D eigenvalue weighted by molar-refractivity contribution is -0.0491. The van der Waals surface area contributed by atoms with Gasteiger partial charge in [0.2, 0.25) is 0 Å². The Labute approximate surface area is 135 Å². The average molecular weight is 313 g/mol. The van der Waals surface area contributed by atoms with Crippen LogP contribution < -0.4 is 4.84 Å². The van der Waals surface area contributed by atoms with Crippen molar-refractivity contribution in [3.8, 4) is 5.75 Å². The molecule has 2 aromatic carbocycles. The SMILES string of the molecule is CCN(CC)Oc1cccc(C(=O)O)c1C(=O)c1ccccc1. The maximum Gasteiger partial charge on any atom is 0.336 e. The first-order valence-electron chi connectivity index (χ1n) is 7.47. The minimum Gasteiger partial charge on any atom is -0.478 e. The molecule has 0 aliphatic carbocycles. The van der Waals surface area contributed by atoms with Crippen molar-refractivity contribution >= 4 is 11.8 Å². The van der Waals surface area contributed by atoms with Gasteiger partial charge in [-0.05, 0) is 26.0 Å². The standard InChI is InChI=1S/C18H19NO4/c1-3-19(4-2)23-15-12-8-11-14(18(21)22)16(15)17(20)13-9-6-5-7-10-13/h5-12H,3-4H2,1-2H3,(H,21,22). The first-order valence-corrected chi connectivity index (χ1v) is 7.47. The molecule has 0 aromatic heterocycles. The topological polar surface area (TPSA) is 66.8 Å². The Balaban J connectivity index is 2.54. The summed E-state index contributed by atoms with van der Waals surface area (Å²) in [6.45, 7) is 5.08. The first kappa shape index (κ1) is 16.7. The molecule has 120 valence electrons. The van der Waals surface area contributed by atoms with Crippen molar-refractivity contribution in [2.24, 2.45) is 0 Å². The van der Waals surface area contributed by atoms with Crippen LogP contribution in [0.4, 0.5) is 0 Å². The van der Waals surface area contributed by atoms with E-state index in [2.05, 4.69) is 0 Å². The predicted molar refractivity (Wildman–Crippen MR) is 86.8 cm³/mol. The molecule has 0 saturated heterocycles. The Kier molecular flexibility index (Phi) is 5.49. The van der Waals surface area contributed by atoms with Gasteiger partial charge in [0.15, 0.2) is 11.5 Å². The Morgan fingerprint density at radius 2 is 1.65 bits per heavy atom. The monoisotopic (exact) mass is 313 g/mol. The van der Waals surface area contributed by atoms with Gasteiger partial charge >= 0.3 is 5.97 Å². The molecule has 0 saturated carbocycles. The lowest BCUT2D eigenvalue weighted by Gasteiger charge is -2.21. The Hall–Kier alpha value is -2.66. The molecule has 0 spiro atoms. The van der Waals surface area contributed by atoms with Gasteiger partial charge < -0.3 is 9.94 Å². The minimum atomic E-state index is -1.16. The highest BCUT2D eigenvalue weighted by atomic mass is 16.7. The highest BCUT2D eigenvalue weighted by molar-refractivity contribution is 6.15. The molecule has 0 radical (unpaired) electrons. The van der Waals surface area contributed by atoms with Crippen molar-refractivity contribution in [1.29, 1.82) is 0 Å². The summed E-state index contributed by atoms with van der Waals surface area (Å²) in [5.41, 5.74) is 0.423. The fraction of sp³-hybridized carbons (Fsp3) is 0.222. The van der Waals surface area contributed by atoms with Gasteiger partial charge in [-0.2, -0.15) is 0 Å². The van der Waals surface area contributed by atoms with Crippen molar-refractivity contribution in [1.82, 2.24) is 5.06 Å². The number of aromatic carboxylic acids is 1. The van der Waals surface area contributed by atoms with Crippen LogP contribution in [0.2, 0.25) is 0 Å². The molecular formula is C18H19NO4. The molecule has 0 amide bonds. The average Bonchev–Trinajstić information content (AvgIpc) is 2.59. The number of carbonyl (C=O) groups is 2. The molecule has 1 N–H and O–H groups in total. The van der Waals surface area contributed by atoms with Crippen molar-refractivity contribution in [2.75, 3.05) is 13.1 Å². The zero-order chi connectivity index (χ0) is 16.8. The van der Waals surface area contributed by atoms with Crippen LogP contribution in [-0.2, 0) is 0 Å². The van der Waals surface area contributed by atoms with Crippen molar-refractivity contribution < 1.29 is 19.5 Å². The number of ketones is 1. The van der Waals surface area contributed by atoms with Crippen LogP contribution in [0, 0.1) is 0 Å². The normalized spacial score (nSPS) is 10.6. The number of carboxylic acids is 1. The van der Waals surface area contributed by atoms with Crippen LogP contribution in [0.5, 0.6) is 5.75 Å². The molecule has 0 heterocycles. The van der Waals surface area contributed by atoms with E-state index in [0.717, 1.165) is 0 Å². The van der Waals surface area contributed by atoms with Crippen molar-refractivity contribution in [2.45, 2.75) is 13.8 Å². The van der Waals surface area contributed by atoms with Gasteiger partial charge in [-0.15, -0.1) is 5.06 Å². The lowest BCUT2D eigenvalue weighted by Crippen LogP contribution is -2.28. The summed E-state index contributed by atoms with van der Waals surface area (Å²) in [7, 11) is 0. The van der Waals surface area contributed by atoms with Crippen LogP contribution in [0.15, 0.2) is 48.5 Å². The quantitative estimate of drug-likeness (QED) is 0.628. The molecule has 0 unspecified atom stereocenters. The molecule has 0 aliphatic rings. The highest BCUT2D eigenvalue weighted by Crippen LogP contribution is 2.26. The first-order chi connectivity index (χ1) is 11.1. The summed E-state index contributed by atoms with van der Waals surface area (Å²) in [4.78, 5) is 30.0. The molecule has 0 fully saturated rings. The maximum absolute atomic E-state index is 12.8. The molecule has 0 bridgehead atoms. The summed E-state index contributed by atoms with van der Waals surface area (Å²) in [5.74, 6) is -1.28. The van der Waals surface area contributed by atoms with E-state index in [0.29, 0.717) is 18.7 Å². The van der Waals surface area contributed by atoms with Gasteiger partial charge in [0, 0.05) is 18.7 Å². The second-order valence-corrected chi connectivity index (χ2v) is 4.88. The number of hydrogen-bond acceptors (Lipinski definition) is 4.